The topological polar surface area (TPSA) is 29.1 Å². The Hall–Kier alpha value is -1.31. The molecular weight excluding hydrogens is 258 g/mol. The molecule has 1 aromatic carbocycles. The van der Waals surface area contributed by atoms with Gasteiger partial charge in [0.15, 0.2) is 0 Å². The number of hydrogen-bond acceptors (Lipinski definition) is 1. The molecule has 2 nitrogen and oxygen atoms in total. The first-order chi connectivity index (χ1) is 10.2. The summed E-state index contributed by atoms with van der Waals surface area (Å²) in [5.41, 5.74) is 2.60. The van der Waals surface area contributed by atoms with E-state index in [-0.39, 0.29) is 5.91 Å². The van der Waals surface area contributed by atoms with Crippen LogP contribution in [0.3, 0.4) is 0 Å². The van der Waals surface area contributed by atoms with E-state index in [0.29, 0.717) is 12.3 Å². The number of carbonyl (C=O) groups is 1. The maximum Gasteiger partial charge on any atom is 0.220 e. The molecule has 2 heteroatoms. The number of hydrogen-bond donors (Lipinski definition) is 1. The predicted molar refractivity (Wildman–Crippen MR) is 90.5 cm³/mol. The van der Waals surface area contributed by atoms with Gasteiger partial charge in [0.25, 0.3) is 0 Å². The maximum atomic E-state index is 11.9. The molecule has 0 spiro atoms. The van der Waals surface area contributed by atoms with Crippen LogP contribution < -0.4 is 5.32 Å². The Labute approximate surface area is 130 Å². The van der Waals surface area contributed by atoms with E-state index < -0.39 is 0 Å². The minimum atomic E-state index is 0.185. The van der Waals surface area contributed by atoms with Gasteiger partial charge in [0, 0.05) is 13.0 Å². The van der Waals surface area contributed by atoms with Gasteiger partial charge < -0.3 is 5.32 Å². The molecule has 0 aromatic heterocycles. The van der Waals surface area contributed by atoms with E-state index in [9.17, 15) is 4.79 Å². The smallest absolute Gasteiger partial charge is 0.220 e. The number of carbonyl (C=O) groups excluding carboxylic acids is 1. The molecular formula is C19H31NO. The van der Waals surface area contributed by atoms with Crippen molar-refractivity contribution in [3.63, 3.8) is 0 Å². The first kappa shape index (κ1) is 17.7. The van der Waals surface area contributed by atoms with Gasteiger partial charge >= 0.3 is 0 Å². The highest BCUT2D eigenvalue weighted by Gasteiger charge is 2.08. The lowest BCUT2D eigenvalue weighted by atomic mass is 9.99. The molecule has 0 fully saturated rings. The molecule has 21 heavy (non-hydrogen) atoms. The molecule has 1 N–H and O–H groups in total. The van der Waals surface area contributed by atoms with Crippen LogP contribution in [0.1, 0.15) is 64.0 Å². The van der Waals surface area contributed by atoms with Crippen LogP contribution in [0, 0.1) is 5.92 Å². The lowest BCUT2D eigenvalue weighted by Crippen LogP contribution is -2.29. The molecule has 0 radical (unpaired) electrons. The molecule has 0 bridgehead atoms. The molecule has 0 aliphatic carbocycles. The molecule has 1 amide bonds. The molecule has 0 heterocycles. The van der Waals surface area contributed by atoms with Crippen LogP contribution in [0.4, 0.5) is 0 Å². The fourth-order valence-corrected chi connectivity index (χ4v) is 2.49. The SMILES string of the molecule is CCCC[C@@H](CC)CNC(=O)CCc1ccc(CC)cc1. The van der Waals surface area contributed by atoms with Crippen molar-refractivity contribution in [2.75, 3.05) is 6.54 Å². The molecule has 0 unspecified atom stereocenters. The number of benzene rings is 1. The number of aryl methyl sites for hydroxylation is 2. The first-order valence-electron chi connectivity index (χ1n) is 8.54. The predicted octanol–water partition coefficient (Wildman–Crippen LogP) is 4.51. The molecule has 1 aromatic rings. The largest absolute Gasteiger partial charge is 0.356 e. The molecule has 1 atom stereocenters. The average Bonchev–Trinajstić information content (AvgIpc) is 2.53. The molecule has 0 aliphatic heterocycles. The summed E-state index contributed by atoms with van der Waals surface area (Å²) in [7, 11) is 0. The Balaban J connectivity index is 2.26. The molecule has 0 saturated heterocycles. The second kappa shape index (κ2) is 10.4. The minimum Gasteiger partial charge on any atom is -0.356 e. The van der Waals surface area contributed by atoms with Gasteiger partial charge in [-0.1, -0.05) is 64.3 Å². The monoisotopic (exact) mass is 289 g/mol. The summed E-state index contributed by atoms with van der Waals surface area (Å²) >= 11 is 0. The van der Waals surface area contributed by atoms with E-state index in [1.165, 1.54) is 30.4 Å². The van der Waals surface area contributed by atoms with Crippen LogP contribution in [0.15, 0.2) is 24.3 Å². The van der Waals surface area contributed by atoms with Gasteiger partial charge in [0.1, 0.15) is 0 Å². The third-order valence-electron chi connectivity index (χ3n) is 4.20. The summed E-state index contributed by atoms with van der Waals surface area (Å²) in [6.45, 7) is 7.42. The fraction of sp³-hybridized carbons (Fsp3) is 0.632. The van der Waals surface area contributed by atoms with Crippen LogP contribution in [-0.4, -0.2) is 12.5 Å². The minimum absolute atomic E-state index is 0.185. The zero-order chi connectivity index (χ0) is 15.5. The van der Waals surface area contributed by atoms with Crippen molar-refractivity contribution in [1.29, 1.82) is 0 Å². The number of unbranched alkanes of at least 4 members (excludes halogenated alkanes) is 1. The van der Waals surface area contributed by atoms with E-state index >= 15 is 0 Å². The fourth-order valence-electron chi connectivity index (χ4n) is 2.49. The van der Waals surface area contributed by atoms with Crippen molar-refractivity contribution < 1.29 is 4.79 Å². The molecule has 118 valence electrons. The van der Waals surface area contributed by atoms with Crippen LogP contribution >= 0.6 is 0 Å². The summed E-state index contributed by atoms with van der Waals surface area (Å²) in [6, 6.07) is 8.60. The average molecular weight is 289 g/mol. The van der Waals surface area contributed by atoms with E-state index in [1.807, 2.05) is 0 Å². The van der Waals surface area contributed by atoms with Gasteiger partial charge in [-0.25, -0.2) is 0 Å². The van der Waals surface area contributed by atoms with Gasteiger partial charge in [0.2, 0.25) is 5.91 Å². The van der Waals surface area contributed by atoms with Crippen LogP contribution in [0.2, 0.25) is 0 Å². The van der Waals surface area contributed by atoms with Gasteiger partial charge in [-0.2, -0.15) is 0 Å². The number of amides is 1. The quantitative estimate of drug-likeness (QED) is 0.674. The molecule has 1 rings (SSSR count). The van der Waals surface area contributed by atoms with Crippen LogP contribution in [-0.2, 0) is 17.6 Å². The van der Waals surface area contributed by atoms with E-state index in [2.05, 4.69) is 50.4 Å². The Morgan fingerprint density at radius 1 is 1.10 bits per heavy atom. The number of nitrogens with one attached hydrogen (secondary N) is 1. The highest BCUT2D eigenvalue weighted by atomic mass is 16.1. The van der Waals surface area contributed by atoms with Crippen molar-refractivity contribution in [3.8, 4) is 0 Å². The Morgan fingerprint density at radius 2 is 1.76 bits per heavy atom. The Morgan fingerprint density at radius 3 is 2.33 bits per heavy atom. The normalized spacial score (nSPS) is 12.1. The third kappa shape index (κ3) is 7.31. The van der Waals surface area contributed by atoms with Crippen molar-refractivity contribution in [2.24, 2.45) is 5.92 Å². The second-order valence-corrected chi connectivity index (χ2v) is 5.89. The van der Waals surface area contributed by atoms with Gasteiger partial charge in [-0.15, -0.1) is 0 Å². The van der Waals surface area contributed by atoms with Crippen molar-refractivity contribution in [2.45, 2.75) is 65.7 Å². The summed E-state index contributed by atoms with van der Waals surface area (Å²) in [5.74, 6) is 0.822. The Bertz CT molecular complexity index is 397. The summed E-state index contributed by atoms with van der Waals surface area (Å²) < 4.78 is 0. The van der Waals surface area contributed by atoms with Gasteiger partial charge in [-0.3, -0.25) is 4.79 Å². The molecule has 0 saturated carbocycles. The maximum absolute atomic E-state index is 11.9. The molecule has 0 aliphatic rings. The summed E-state index contributed by atoms with van der Waals surface area (Å²) in [4.78, 5) is 11.9. The van der Waals surface area contributed by atoms with Crippen molar-refractivity contribution >= 4 is 5.91 Å². The number of rotatable bonds is 10. The lowest BCUT2D eigenvalue weighted by Gasteiger charge is -2.15. The zero-order valence-electron chi connectivity index (χ0n) is 14.0. The van der Waals surface area contributed by atoms with Crippen molar-refractivity contribution in [1.82, 2.24) is 5.32 Å². The van der Waals surface area contributed by atoms with E-state index in [1.54, 1.807) is 0 Å². The van der Waals surface area contributed by atoms with Crippen LogP contribution in [0.5, 0.6) is 0 Å². The Kier molecular flexibility index (Phi) is 8.80. The third-order valence-corrected chi connectivity index (χ3v) is 4.20. The zero-order valence-corrected chi connectivity index (χ0v) is 14.0. The van der Waals surface area contributed by atoms with Crippen LogP contribution in [0.25, 0.3) is 0 Å². The lowest BCUT2D eigenvalue weighted by molar-refractivity contribution is -0.121. The first-order valence-corrected chi connectivity index (χ1v) is 8.54. The van der Waals surface area contributed by atoms with E-state index in [4.69, 9.17) is 0 Å². The second-order valence-electron chi connectivity index (χ2n) is 5.89. The summed E-state index contributed by atoms with van der Waals surface area (Å²) in [5, 5.41) is 3.10. The van der Waals surface area contributed by atoms with Gasteiger partial charge in [0.05, 0.1) is 0 Å². The standard InChI is InChI=1S/C19H31NO/c1-4-7-8-17(6-3)15-20-19(21)14-13-18-11-9-16(5-2)10-12-18/h9-12,17H,4-8,13-15H2,1-3H3,(H,20,21)/t17-/m1/s1. The van der Waals surface area contributed by atoms with Crippen molar-refractivity contribution in [3.05, 3.63) is 35.4 Å². The highest BCUT2D eigenvalue weighted by Crippen LogP contribution is 2.11. The highest BCUT2D eigenvalue weighted by molar-refractivity contribution is 5.76. The van der Waals surface area contributed by atoms with Gasteiger partial charge in [-0.05, 0) is 36.3 Å². The van der Waals surface area contributed by atoms with E-state index in [0.717, 1.165) is 25.8 Å². The summed E-state index contributed by atoms with van der Waals surface area (Å²) in [6.07, 6.45) is 7.37.